The second-order valence-electron chi connectivity index (χ2n) is 3.18. The van der Waals surface area contributed by atoms with Gasteiger partial charge in [-0.05, 0) is 0 Å². The molecule has 13 heavy (non-hydrogen) atoms. The molecule has 2 rings (SSSR count). The van der Waals surface area contributed by atoms with E-state index in [4.69, 9.17) is 9.15 Å². The van der Waals surface area contributed by atoms with Crippen molar-refractivity contribution < 1.29 is 13.9 Å². The summed E-state index contributed by atoms with van der Waals surface area (Å²) in [5.41, 5.74) is 0. The smallest absolute Gasteiger partial charge is 0.280 e. The van der Waals surface area contributed by atoms with Crippen molar-refractivity contribution >= 4 is 11.8 Å². The summed E-state index contributed by atoms with van der Waals surface area (Å²) in [5.74, 6) is 1.25. The summed E-state index contributed by atoms with van der Waals surface area (Å²) in [4.78, 5) is 15.0. The number of hydrogen-bond donors (Lipinski definition) is 1. The van der Waals surface area contributed by atoms with E-state index in [0.29, 0.717) is 17.7 Å². The van der Waals surface area contributed by atoms with Gasteiger partial charge < -0.3 is 9.15 Å². The van der Waals surface area contributed by atoms with Gasteiger partial charge in [-0.15, -0.1) is 0 Å². The number of hydrogen-bond acceptors (Lipinski definition) is 4. The highest BCUT2D eigenvalue weighted by atomic mass is 16.5. The average Bonchev–Trinajstić information content (AvgIpc) is 2.46. The van der Waals surface area contributed by atoms with Gasteiger partial charge in [0.1, 0.15) is 0 Å². The summed E-state index contributed by atoms with van der Waals surface area (Å²) in [6.07, 6.45) is 0. The molecular formula is C8H10N2O3. The zero-order chi connectivity index (χ0) is 9.42. The molecule has 0 saturated heterocycles. The zero-order valence-electron chi connectivity index (χ0n) is 7.46. The second kappa shape index (κ2) is 2.76. The topological polar surface area (TPSA) is 64.4 Å². The lowest BCUT2D eigenvalue weighted by atomic mass is 10.2. The molecule has 0 aromatic carbocycles. The van der Waals surface area contributed by atoms with Crippen LogP contribution in [0.3, 0.4) is 0 Å². The van der Waals surface area contributed by atoms with Crippen LogP contribution in [-0.4, -0.2) is 17.5 Å². The molecule has 0 atom stereocenters. The van der Waals surface area contributed by atoms with Crippen molar-refractivity contribution in [1.29, 1.82) is 0 Å². The van der Waals surface area contributed by atoms with Crippen molar-refractivity contribution in [3.8, 4) is 5.88 Å². The normalized spacial score (nSPS) is 15.2. The first-order valence-electron chi connectivity index (χ1n) is 4.10. The van der Waals surface area contributed by atoms with Crippen LogP contribution in [0.25, 0.3) is 0 Å². The van der Waals surface area contributed by atoms with Gasteiger partial charge in [0, 0.05) is 5.92 Å². The third-order valence-corrected chi connectivity index (χ3v) is 1.70. The van der Waals surface area contributed by atoms with Crippen LogP contribution >= 0.6 is 0 Å². The Labute approximate surface area is 75.1 Å². The third kappa shape index (κ3) is 1.37. The fourth-order valence-corrected chi connectivity index (χ4v) is 1.04. The van der Waals surface area contributed by atoms with E-state index in [0.717, 1.165) is 0 Å². The molecule has 0 aliphatic carbocycles. The van der Waals surface area contributed by atoms with Gasteiger partial charge >= 0.3 is 0 Å². The first-order chi connectivity index (χ1) is 6.16. The van der Waals surface area contributed by atoms with E-state index in [9.17, 15) is 4.79 Å². The van der Waals surface area contributed by atoms with Crippen molar-refractivity contribution in [2.75, 3.05) is 11.9 Å². The Bertz CT molecular complexity index is 343. The van der Waals surface area contributed by atoms with Crippen LogP contribution in [0.2, 0.25) is 0 Å². The van der Waals surface area contributed by atoms with Gasteiger partial charge in [-0.25, -0.2) is 0 Å². The number of nitrogens with one attached hydrogen (secondary N) is 1. The Morgan fingerprint density at radius 3 is 3.00 bits per heavy atom. The summed E-state index contributed by atoms with van der Waals surface area (Å²) in [5, 5.41) is 2.54. The molecule has 1 N–H and O–H groups in total. The van der Waals surface area contributed by atoms with Crippen LogP contribution < -0.4 is 10.1 Å². The molecular weight excluding hydrogens is 172 g/mol. The maximum atomic E-state index is 10.9. The number of rotatable bonds is 1. The summed E-state index contributed by atoms with van der Waals surface area (Å²) in [6, 6.07) is 0. The Morgan fingerprint density at radius 1 is 1.54 bits per heavy atom. The van der Waals surface area contributed by atoms with Gasteiger partial charge in [0.25, 0.3) is 17.7 Å². The monoisotopic (exact) mass is 182 g/mol. The lowest BCUT2D eigenvalue weighted by Crippen LogP contribution is -2.24. The van der Waals surface area contributed by atoms with E-state index in [1.54, 1.807) is 0 Å². The molecule has 1 aliphatic heterocycles. The molecule has 5 nitrogen and oxygen atoms in total. The number of oxazole rings is 1. The SMILES string of the molecule is CC(C)c1nc2c(o1)NC(=O)CO2. The van der Waals surface area contributed by atoms with E-state index in [-0.39, 0.29) is 18.4 Å². The minimum Gasteiger partial charge on any atom is -0.464 e. The van der Waals surface area contributed by atoms with Gasteiger partial charge in [0.15, 0.2) is 6.61 Å². The third-order valence-electron chi connectivity index (χ3n) is 1.70. The van der Waals surface area contributed by atoms with E-state index in [1.165, 1.54) is 0 Å². The van der Waals surface area contributed by atoms with Crippen LogP contribution in [0.5, 0.6) is 5.88 Å². The van der Waals surface area contributed by atoms with E-state index in [2.05, 4.69) is 10.3 Å². The number of amides is 1. The van der Waals surface area contributed by atoms with Crippen LogP contribution in [0.1, 0.15) is 25.7 Å². The lowest BCUT2D eigenvalue weighted by Gasteiger charge is -2.09. The molecule has 1 aromatic rings. The van der Waals surface area contributed by atoms with Gasteiger partial charge in [0.2, 0.25) is 5.89 Å². The quantitative estimate of drug-likeness (QED) is 0.707. The minimum absolute atomic E-state index is 0.0110. The predicted octanol–water partition coefficient (Wildman–Crippen LogP) is 1.13. The predicted molar refractivity (Wildman–Crippen MR) is 44.7 cm³/mol. The first-order valence-corrected chi connectivity index (χ1v) is 4.10. The summed E-state index contributed by atoms with van der Waals surface area (Å²) in [7, 11) is 0. The van der Waals surface area contributed by atoms with Crippen molar-refractivity contribution in [3.63, 3.8) is 0 Å². The van der Waals surface area contributed by atoms with E-state index < -0.39 is 0 Å². The largest absolute Gasteiger partial charge is 0.464 e. The number of fused-ring (bicyclic) bond motifs is 1. The zero-order valence-corrected chi connectivity index (χ0v) is 7.46. The van der Waals surface area contributed by atoms with Gasteiger partial charge in [-0.1, -0.05) is 13.8 Å². The number of carbonyl (C=O) groups is 1. The highest BCUT2D eigenvalue weighted by Gasteiger charge is 2.23. The Kier molecular flexibility index (Phi) is 1.72. The van der Waals surface area contributed by atoms with Gasteiger partial charge in [-0.3, -0.25) is 10.1 Å². The molecule has 2 heterocycles. The molecule has 70 valence electrons. The Hall–Kier alpha value is -1.52. The molecule has 1 aromatic heterocycles. The minimum atomic E-state index is -0.209. The molecule has 5 heteroatoms. The molecule has 1 aliphatic rings. The van der Waals surface area contributed by atoms with Gasteiger partial charge in [0.05, 0.1) is 0 Å². The molecule has 0 unspecified atom stereocenters. The van der Waals surface area contributed by atoms with E-state index in [1.807, 2.05) is 13.8 Å². The summed E-state index contributed by atoms with van der Waals surface area (Å²) < 4.78 is 10.3. The maximum absolute atomic E-state index is 10.9. The number of aromatic nitrogens is 1. The summed E-state index contributed by atoms with van der Waals surface area (Å²) in [6.45, 7) is 3.93. The van der Waals surface area contributed by atoms with Gasteiger partial charge in [-0.2, -0.15) is 4.98 Å². The van der Waals surface area contributed by atoms with Crippen LogP contribution in [0.4, 0.5) is 5.88 Å². The molecule has 0 fully saturated rings. The van der Waals surface area contributed by atoms with Crippen LogP contribution in [0.15, 0.2) is 4.42 Å². The van der Waals surface area contributed by atoms with Crippen molar-refractivity contribution in [2.45, 2.75) is 19.8 Å². The number of nitrogens with zero attached hydrogens (tertiary/aromatic N) is 1. The van der Waals surface area contributed by atoms with Crippen molar-refractivity contribution in [1.82, 2.24) is 4.98 Å². The summed E-state index contributed by atoms with van der Waals surface area (Å²) >= 11 is 0. The molecule has 0 bridgehead atoms. The average molecular weight is 182 g/mol. The van der Waals surface area contributed by atoms with E-state index >= 15 is 0 Å². The molecule has 0 spiro atoms. The highest BCUT2D eigenvalue weighted by Crippen LogP contribution is 2.30. The molecule has 0 saturated carbocycles. The van der Waals surface area contributed by atoms with Crippen LogP contribution in [0, 0.1) is 0 Å². The second-order valence-corrected chi connectivity index (χ2v) is 3.18. The Morgan fingerprint density at radius 2 is 2.31 bits per heavy atom. The van der Waals surface area contributed by atoms with Crippen molar-refractivity contribution in [3.05, 3.63) is 5.89 Å². The highest BCUT2D eigenvalue weighted by molar-refractivity contribution is 5.93. The standard InChI is InChI=1S/C8H10N2O3/c1-4(2)6-10-7-8(13-6)9-5(11)3-12-7/h4H,3H2,1-2H3,(H,9,11). The molecule has 0 radical (unpaired) electrons. The number of anilines is 1. The number of carbonyl (C=O) groups excluding carboxylic acids is 1. The van der Waals surface area contributed by atoms with Crippen molar-refractivity contribution in [2.24, 2.45) is 0 Å². The fraction of sp³-hybridized carbons (Fsp3) is 0.500. The fourth-order valence-electron chi connectivity index (χ4n) is 1.04. The number of ether oxygens (including phenoxy) is 1. The Balaban J connectivity index is 2.33. The molecule has 1 amide bonds. The first kappa shape index (κ1) is 8.10. The maximum Gasteiger partial charge on any atom is 0.280 e. The van der Waals surface area contributed by atoms with Crippen LogP contribution in [-0.2, 0) is 4.79 Å². The lowest BCUT2D eigenvalue weighted by molar-refractivity contribution is -0.118.